The van der Waals surface area contributed by atoms with Gasteiger partial charge in [-0.3, -0.25) is 14.9 Å². The second-order valence-electron chi connectivity index (χ2n) is 5.53. The van der Waals surface area contributed by atoms with Crippen LogP contribution >= 0.6 is 0 Å². The second kappa shape index (κ2) is 4.48. The van der Waals surface area contributed by atoms with Crippen LogP contribution in [0.2, 0.25) is 0 Å². The van der Waals surface area contributed by atoms with Crippen LogP contribution in [0.5, 0.6) is 0 Å². The fourth-order valence-electron chi connectivity index (χ4n) is 2.65. The molecule has 2 aliphatic heterocycles. The summed E-state index contributed by atoms with van der Waals surface area (Å²) in [6.45, 7) is 1.40. The van der Waals surface area contributed by atoms with E-state index in [1.54, 1.807) is 4.90 Å². The Labute approximate surface area is 111 Å². The number of nitrogens with one attached hydrogen (secondary N) is 3. The van der Waals surface area contributed by atoms with Crippen molar-refractivity contribution < 1.29 is 14.4 Å². The maximum atomic E-state index is 12.0. The molecule has 0 aromatic carbocycles. The average molecular weight is 266 g/mol. The summed E-state index contributed by atoms with van der Waals surface area (Å²) < 4.78 is 0. The lowest BCUT2D eigenvalue weighted by Gasteiger charge is -2.37. The Morgan fingerprint density at radius 3 is 2.53 bits per heavy atom. The minimum Gasteiger partial charge on any atom is -0.341 e. The molecule has 7 nitrogen and oxygen atoms in total. The molecular weight excluding hydrogens is 248 g/mol. The molecule has 1 saturated carbocycles. The molecule has 3 fully saturated rings. The predicted octanol–water partition coefficient (Wildman–Crippen LogP) is -1.06. The van der Waals surface area contributed by atoms with E-state index in [1.165, 1.54) is 0 Å². The van der Waals surface area contributed by atoms with Crippen molar-refractivity contribution in [3.8, 4) is 0 Å². The van der Waals surface area contributed by atoms with Crippen molar-refractivity contribution in [2.75, 3.05) is 19.6 Å². The summed E-state index contributed by atoms with van der Waals surface area (Å²) in [6, 6.07) is 0.0835. The molecule has 7 heteroatoms. The Kier molecular flexibility index (Phi) is 2.93. The number of amides is 4. The van der Waals surface area contributed by atoms with Gasteiger partial charge in [-0.05, 0) is 25.7 Å². The molecule has 0 atom stereocenters. The van der Waals surface area contributed by atoms with Gasteiger partial charge in [0.15, 0.2) is 0 Å². The highest BCUT2D eigenvalue weighted by Crippen LogP contribution is 2.25. The number of carbonyl (C=O) groups is 3. The Morgan fingerprint density at radius 2 is 2.00 bits per heavy atom. The van der Waals surface area contributed by atoms with Gasteiger partial charge >= 0.3 is 6.03 Å². The summed E-state index contributed by atoms with van der Waals surface area (Å²) in [5.74, 6) is -0.188. The van der Waals surface area contributed by atoms with E-state index in [0.717, 1.165) is 12.8 Å². The van der Waals surface area contributed by atoms with Crippen LogP contribution in [0.25, 0.3) is 0 Å². The second-order valence-corrected chi connectivity index (χ2v) is 5.53. The third kappa shape index (κ3) is 2.42. The molecule has 2 heterocycles. The highest BCUT2D eigenvalue weighted by Gasteiger charge is 2.48. The lowest BCUT2D eigenvalue weighted by atomic mass is 9.88. The SMILES string of the molecule is O=C1NC(=O)C2(CCN(C(=O)CNC3CC3)CC2)N1. The number of hydrogen-bond acceptors (Lipinski definition) is 4. The Morgan fingerprint density at radius 1 is 1.32 bits per heavy atom. The fourth-order valence-corrected chi connectivity index (χ4v) is 2.65. The van der Waals surface area contributed by atoms with Crippen molar-refractivity contribution in [3.05, 3.63) is 0 Å². The lowest BCUT2D eigenvalue weighted by Crippen LogP contribution is -2.56. The van der Waals surface area contributed by atoms with Gasteiger partial charge in [0.05, 0.1) is 6.54 Å². The summed E-state index contributed by atoms with van der Waals surface area (Å²) in [5, 5.41) is 8.14. The first-order chi connectivity index (χ1) is 9.09. The highest BCUT2D eigenvalue weighted by molar-refractivity contribution is 6.07. The van der Waals surface area contributed by atoms with Crippen LogP contribution in [0, 0.1) is 0 Å². The topological polar surface area (TPSA) is 90.5 Å². The lowest BCUT2D eigenvalue weighted by molar-refractivity contribution is -0.135. The molecule has 0 bridgehead atoms. The Balaban J connectivity index is 1.52. The molecular formula is C12H18N4O3. The molecule has 3 N–H and O–H groups in total. The van der Waals surface area contributed by atoms with Crippen molar-refractivity contribution in [1.82, 2.24) is 20.9 Å². The molecule has 2 saturated heterocycles. The zero-order valence-corrected chi connectivity index (χ0v) is 10.7. The summed E-state index contributed by atoms with van der Waals surface area (Å²) in [6.07, 6.45) is 3.28. The van der Waals surface area contributed by atoms with Crippen LogP contribution in [0.3, 0.4) is 0 Å². The van der Waals surface area contributed by atoms with Crippen LogP contribution in [-0.2, 0) is 9.59 Å². The molecule has 19 heavy (non-hydrogen) atoms. The Bertz CT molecular complexity index is 425. The van der Waals surface area contributed by atoms with E-state index >= 15 is 0 Å². The normalized spacial score (nSPS) is 25.4. The molecule has 3 aliphatic rings. The molecule has 4 amide bonds. The molecule has 1 aliphatic carbocycles. The van der Waals surface area contributed by atoms with E-state index in [9.17, 15) is 14.4 Å². The first kappa shape index (κ1) is 12.4. The largest absolute Gasteiger partial charge is 0.341 e. The minimum absolute atomic E-state index is 0.0754. The first-order valence-electron chi connectivity index (χ1n) is 6.74. The van der Waals surface area contributed by atoms with E-state index in [4.69, 9.17) is 0 Å². The third-order valence-corrected chi connectivity index (χ3v) is 4.10. The first-order valence-corrected chi connectivity index (χ1v) is 6.74. The van der Waals surface area contributed by atoms with Gasteiger partial charge in [0.1, 0.15) is 5.54 Å². The molecule has 1 spiro atoms. The predicted molar refractivity (Wildman–Crippen MR) is 66.2 cm³/mol. The van der Waals surface area contributed by atoms with E-state index < -0.39 is 11.6 Å². The van der Waals surface area contributed by atoms with Gasteiger partial charge in [0, 0.05) is 19.1 Å². The summed E-state index contributed by atoms with van der Waals surface area (Å²) in [4.78, 5) is 36.7. The van der Waals surface area contributed by atoms with Crippen LogP contribution in [0.1, 0.15) is 25.7 Å². The van der Waals surface area contributed by atoms with Gasteiger partial charge in [-0.1, -0.05) is 0 Å². The summed E-state index contributed by atoms with van der Waals surface area (Å²) in [7, 11) is 0. The number of piperidine rings is 1. The van der Waals surface area contributed by atoms with Gasteiger partial charge < -0.3 is 15.5 Å². The molecule has 3 rings (SSSR count). The van der Waals surface area contributed by atoms with Gasteiger partial charge in [0.2, 0.25) is 5.91 Å². The van der Waals surface area contributed by atoms with E-state index in [1.807, 2.05) is 0 Å². The molecule has 0 aromatic rings. The number of rotatable bonds is 3. The monoisotopic (exact) mass is 266 g/mol. The molecule has 0 radical (unpaired) electrons. The number of urea groups is 1. The maximum Gasteiger partial charge on any atom is 0.322 e. The van der Waals surface area contributed by atoms with Crippen molar-refractivity contribution >= 4 is 17.8 Å². The Hall–Kier alpha value is -1.63. The number of carbonyl (C=O) groups excluding carboxylic acids is 3. The third-order valence-electron chi connectivity index (χ3n) is 4.10. The van der Waals surface area contributed by atoms with Gasteiger partial charge in [-0.2, -0.15) is 0 Å². The average Bonchev–Trinajstić information content (AvgIpc) is 3.16. The van der Waals surface area contributed by atoms with Crippen molar-refractivity contribution in [3.63, 3.8) is 0 Å². The number of imide groups is 1. The maximum absolute atomic E-state index is 12.0. The van der Waals surface area contributed by atoms with Crippen molar-refractivity contribution in [1.29, 1.82) is 0 Å². The minimum atomic E-state index is -0.794. The van der Waals surface area contributed by atoms with E-state index in [0.29, 0.717) is 38.5 Å². The fraction of sp³-hybridized carbons (Fsp3) is 0.750. The van der Waals surface area contributed by atoms with E-state index in [-0.39, 0.29) is 11.8 Å². The van der Waals surface area contributed by atoms with Crippen LogP contribution in [0.4, 0.5) is 4.79 Å². The smallest absolute Gasteiger partial charge is 0.322 e. The van der Waals surface area contributed by atoms with Gasteiger partial charge in [-0.15, -0.1) is 0 Å². The molecule has 0 aromatic heterocycles. The van der Waals surface area contributed by atoms with E-state index in [2.05, 4.69) is 16.0 Å². The molecule has 0 unspecified atom stereocenters. The van der Waals surface area contributed by atoms with Gasteiger partial charge in [0.25, 0.3) is 5.91 Å². The summed E-state index contributed by atoms with van der Waals surface area (Å²) in [5.41, 5.74) is -0.794. The zero-order chi connectivity index (χ0) is 13.5. The summed E-state index contributed by atoms with van der Waals surface area (Å²) >= 11 is 0. The van der Waals surface area contributed by atoms with Crippen molar-refractivity contribution in [2.45, 2.75) is 37.3 Å². The highest BCUT2D eigenvalue weighted by atomic mass is 16.2. The standard InChI is InChI=1S/C12H18N4O3/c17-9(7-13-8-1-2-8)16-5-3-12(4-6-16)10(18)14-11(19)15-12/h8,13H,1-7H2,(H2,14,15,18,19). The number of likely N-dealkylation sites (tertiary alicyclic amines) is 1. The molecule has 104 valence electrons. The van der Waals surface area contributed by atoms with Gasteiger partial charge in [-0.25, -0.2) is 4.79 Å². The van der Waals surface area contributed by atoms with Crippen LogP contribution in [0.15, 0.2) is 0 Å². The number of nitrogens with zero attached hydrogens (tertiary/aromatic N) is 1. The van der Waals surface area contributed by atoms with Crippen LogP contribution in [-0.4, -0.2) is 54.0 Å². The zero-order valence-electron chi connectivity index (χ0n) is 10.7. The van der Waals surface area contributed by atoms with Crippen LogP contribution < -0.4 is 16.0 Å². The van der Waals surface area contributed by atoms with Crippen molar-refractivity contribution in [2.24, 2.45) is 0 Å². The quantitative estimate of drug-likeness (QED) is 0.568. The number of hydrogen-bond donors (Lipinski definition) is 3.